The average Bonchev–Trinajstić information content (AvgIpc) is 2.73. The Labute approximate surface area is 168 Å². The van der Waals surface area contributed by atoms with E-state index in [2.05, 4.69) is 35.3 Å². The highest BCUT2D eigenvalue weighted by Gasteiger charge is 2.18. The van der Waals surface area contributed by atoms with Gasteiger partial charge in [0.05, 0.1) is 13.2 Å². The van der Waals surface area contributed by atoms with Gasteiger partial charge in [0.15, 0.2) is 0 Å². The zero-order valence-corrected chi connectivity index (χ0v) is 17.0. The topological polar surface area (TPSA) is 61.9 Å². The summed E-state index contributed by atoms with van der Waals surface area (Å²) in [5.74, 6) is 0.798. The molecule has 2 amide bonds. The van der Waals surface area contributed by atoms with Crippen LogP contribution in [0.5, 0.6) is 0 Å². The predicted octanol–water partition coefficient (Wildman–Crippen LogP) is 2.17. The van der Waals surface area contributed by atoms with Crippen LogP contribution in [0.2, 0.25) is 0 Å². The van der Waals surface area contributed by atoms with Gasteiger partial charge in [0.1, 0.15) is 0 Å². The molecule has 1 aromatic carbocycles. The number of hydrogen-bond acceptors (Lipinski definition) is 4. The van der Waals surface area contributed by atoms with E-state index in [9.17, 15) is 9.59 Å². The Morgan fingerprint density at radius 2 is 1.71 bits per heavy atom. The molecule has 1 N–H and O–H groups in total. The predicted molar refractivity (Wildman–Crippen MR) is 109 cm³/mol. The van der Waals surface area contributed by atoms with E-state index < -0.39 is 0 Å². The van der Waals surface area contributed by atoms with Gasteiger partial charge in [-0.2, -0.15) is 0 Å². The first kappa shape index (κ1) is 20.8. The number of morpholine rings is 1. The van der Waals surface area contributed by atoms with Crippen molar-refractivity contribution in [3.63, 3.8) is 0 Å². The van der Waals surface area contributed by atoms with Gasteiger partial charge in [-0.3, -0.25) is 14.5 Å². The van der Waals surface area contributed by atoms with Gasteiger partial charge < -0.3 is 15.0 Å². The number of amides is 2. The summed E-state index contributed by atoms with van der Waals surface area (Å²) in [5.41, 5.74) is 2.44. The minimum Gasteiger partial charge on any atom is -0.378 e. The number of likely N-dealkylation sites (tertiary alicyclic amines) is 1. The number of benzene rings is 1. The van der Waals surface area contributed by atoms with Crippen molar-refractivity contribution in [3.8, 4) is 0 Å². The quantitative estimate of drug-likeness (QED) is 0.779. The molecule has 0 unspecified atom stereocenters. The molecule has 0 aromatic heterocycles. The summed E-state index contributed by atoms with van der Waals surface area (Å²) in [7, 11) is 0. The lowest BCUT2D eigenvalue weighted by atomic mass is 9.98. The normalized spacial score (nSPS) is 18.8. The van der Waals surface area contributed by atoms with Gasteiger partial charge in [-0.05, 0) is 43.0 Å². The highest BCUT2D eigenvalue weighted by atomic mass is 16.5. The Balaban J connectivity index is 1.43. The molecule has 6 heteroatoms. The van der Waals surface area contributed by atoms with Crippen molar-refractivity contribution in [2.45, 2.75) is 45.7 Å². The van der Waals surface area contributed by atoms with Crippen molar-refractivity contribution in [1.29, 1.82) is 0 Å². The van der Waals surface area contributed by atoms with Crippen LogP contribution in [0.25, 0.3) is 0 Å². The van der Waals surface area contributed by atoms with Gasteiger partial charge in [-0.25, -0.2) is 0 Å². The van der Waals surface area contributed by atoms with Crippen LogP contribution in [0.4, 0.5) is 0 Å². The highest BCUT2D eigenvalue weighted by molar-refractivity contribution is 5.83. The maximum atomic E-state index is 12.2. The van der Waals surface area contributed by atoms with Crippen molar-refractivity contribution < 1.29 is 14.3 Å². The molecule has 0 aliphatic carbocycles. The number of carbonyl (C=O) groups excluding carboxylic acids is 2. The molecule has 0 atom stereocenters. The minimum absolute atomic E-state index is 0.0400. The molecule has 6 nitrogen and oxygen atoms in total. The minimum atomic E-state index is -0.0665. The fourth-order valence-corrected chi connectivity index (χ4v) is 3.82. The summed E-state index contributed by atoms with van der Waals surface area (Å²) in [6.45, 7) is 8.50. The van der Waals surface area contributed by atoms with E-state index in [1.54, 1.807) is 4.90 Å². The van der Waals surface area contributed by atoms with Gasteiger partial charge in [0.25, 0.3) is 0 Å². The van der Waals surface area contributed by atoms with E-state index in [0.29, 0.717) is 32.8 Å². The van der Waals surface area contributed by atoms with E-state index in [1.807, 2.05) is 6.07 Å². The SMILES string of the molecule is CC1CCN(Cc2ccccc2CNC(=O)CCC(=O)N2CCOCC2)CC1. The molecule has 0 spiro atoms. The lowest BCUT2D eigenvalue weighted by Crippen LogP contribution is -2.41. The number of ether oxygens (including phenoxy) is 1. The molecule has 154 valence electrons. The zero-order valence-electron chi connectivity index (χ0n) is 17.0. The molecule has 1 aromatic rings. The third-order valence-corrected chi connectivity index (χ3v) is 5.79. The van der Waals surface area contributed by atoms with E-state index in [-0.39, 0.29) is 24.7 Å². The number of nitrogens with one attached hydrogen (secondary N) is 1. The van der Waals surface area contributed by atoms with Crippen LogP contribution in [-0.4, -0.2) is 61.0 Å². The molecule has 2 saturated heterocycles. The van der Waals surface area contributed by atoms with Crippen LogP contribution >= 0.6 is 0 Å². The molecular formula is C22H33N3O3. The average molecular weight is 388 g/mol. The molecular weight excluding hydrogens is 354 g/mol. The maximum Gasteiger partial charge on any atom is 0.223 e. The summed E-state index contributed by atoms with van der Waals surface area (Å²) in [6.07, 6.45) is 3.02. The van der Waals surface area contributed by atoms with Crippen LogP contribution in [0.1, 0.15) is 43.7 Å². The third kappa shape index (κ3) is 6.31. The molecule has 0 saturated carbocycles. The fourth-order valence-electron chi connectivity index (χ4n) is 3.82. The zero-order chi connectivity index (χ0) is 19.8. The number of carbonyl (C=O) groups is 2. The Bertz CT molecular complexity index is 650. The van der Waals surface area contributed by atoms with Crippen molar-refractivity contribution in [3.05, 3.63) is 35.4 Å². The van der Waals surface area contributed by atoms with Crippen molar-refractivity contribution in [1.82, 2.24) is 15.1 Å². The van der Waals surface area contributed by atoms with Gasteiger partial charge in [0.2, 0.25) is 11.8 Å². The summed E-state index contributed by atoms with van der Waals surface area (Å²) in [5, 5.41) is 2.99. The monoisotopic (exact) mass is 387 g/mol. The maximum absolute atomic E-state index is 12.2. The number of nitrogens with zero attached hydrogens (tertiary/aromatic N) is 2. The van der Waals surface area contributed by atoms with Crippen LogP contribution in [0, 0.1) is 5.92 Å². The fraction of sp³-hybridized carbons (Fsp3) is 0.636. The summed E-state index contributed by atoms with van der Waals surface area (Å²) < 4.78 is 5.26. The van der Waals surface area contributed by atoms with Crippen molar-refractivity contribution in [2.24, 2.45) is 5.92 Å². The summed E-state index contributed by atoms with van der Waals surface area (Å²) in [4.78, 5) is 28.7. The number of piperidine rings is 1. The van der Waals surface area contributed by atoms with Gasteiger partial charge in [-0.1, -0.05) is 31.2 Å². The second kappa shape index (κ2) is 10.6. The highest BCUT2D eigenvalue weighted by Crippen LogP contribution is 2.19. The van der Waals surface area contributed by atoms with Gasteiger partial charge in [-0.15, -0.1) is 0 Å². The van der Waals surface area contributed by atoms with Gasteiger partial charge in [0, 0.05) is 39.0 Å². The van der Waals surface area contributed by atoms with Crippen LogP contribution in [0.15, 0.2) is 24.3 Å². The first-order valence-corrected chi connectivity index (χ1v) is 10.5. The van der Waals surface area contributed by atoms with Crippen LogP contribution in [0.3, 0.4) is 0 Å². The molecule has 0 radical (unpaired) electrons. The molecule has 28 heavy (non-hydrogen) atoms. The standard InChI is InChI=1S/C22H33N3O3/c1-18-8-10-24(11-9-18)17-20-5-3-2-4-19(20)16-23-21(26)6-7-22(27)25-12-14-28-15-13-25/h2-5,18H,6-17H2,1H3,(H,23,26). The molecule has 2 heterocycles. The summed E-state index contributed by atoms with van der Waals surface area (Å²) >= 11 is 0. The van der Waals surface area contributed by atoms with E-state index in [4.69, 9.17) is 4.74 Å². The lowest BCUT2D eigenvalue weighted by Gasteiger charge is -2.30. The van der Waals surface area contributed by atoms with E-state index >= 15 is 0 Å². The molecule has 2 fully saturated rings. The Kier molecular flexibility index (Phi) is 7.86. The first-order chi connectivity index (χ1) is 13.6. The molecule has 0 bridgehead atoms. The summed E-state index contributed by atoms with van der Waals surface area (Å²) in [6, 6.07) is 8.32. The lowest BCUT2D eigenvalue weighted by molar-refractivity contribution is -0.137. The largest absolute Gasteiger partial charge is 0.378 e. The Morgan fingerprint density at radius 1 is 1.04 bits per heavy atom. The van der Waals surface area contributed by atoms with Crippen LogP contribution in [-0.2, 0) is 27.4 Å². The third-order valence-electron chi connectivity index (χ3n) is 5.79. The van der Waals surface area contributed by atoms with E-state index in [0.717, 1.165) is 31.1 Å². The molecule has 2 aliphatic rings. The van der Waals surface area contributed by atoms with Crippen molar-refractivity contribution in [2.75, 3.05) is 39.4 Å². The van der Waals surface area contributed by atoms with Crippen molar-refractivity contribution >= 4 is 11.8 Å². The molecule has 3 rings (SSSR count). The van der Waals surface area contributed by atoms with E-state index in [1.165, 1.54) is 18.4 Å². The number of rotatable bonds is 7. The smallest absolute Gasteiger partial charge is 0.223 e. The van der Waals surface area contributed by atoms with Gasteiger partial charge >= 0.3 is 0 Å². The first-order valence-electron chi connectivity index (χ1n) is 10.5. The second-order valence-electron chi connectivity index (χ2n) is 8.00. The van der Waals surface area contributed by atoms with Crippen LogP contribution < -0.4 is 5.32 Å². The second-order valence-corrected chi connectivity index (χ2v) is 8.00. The number of hydrogen-bond donors (Lipinski definition) is 1. The molecule has 2 aliphatic heterocycles. The Hall–Kier alpha value is -1.92. The Morgan fingerprint density at radius 3 is 2.43 bits per heavy atom.